The Labute approximate surface area is 118 Å². The summed E-state index contributed by atoms with van der Waals surface area (Å²) >= 11 is 4.92. The molecule has 2 aromatic heterocycles. The lowest BCUT2D eigenvalue weighted by Crippen LogP contribution is -2.13. The molecule has 0 aliphatic carbocycles. The third kappa shape index (κ3) is 2.80. The monoisotopic (exact) mass is 331 g/mol. The summed E-state index contributed by atoms with van der Waals surface area (Å²) in [6, 6.07) is 0. The molecule has 98 valence electrons. The van der Waals surface area contributed by atoms with Crippen molar-refractivity contribution in [2.75, 3.05) is 13.7 Å². The van der Waals surface area contributed by atoms with Crippen molar-refractivity contribution in [3.63, 3.8) is 0 Å². The van der Waals surface area contributed by atoms with Gasteiger partial charge in [0.05, 0.1) is 40.2 Å². The zero-order valence-electron chi connectivity index (χ0n) is 10.1. The third-order valence-corrected chi connectivity index (χ3v) is 3.92. The van der Waals surface area contributed by atoms with Crippen molar-refractivity contribution in [2.24, 2.45) is 0 Å². The number of nitrogens with zero attached hydrogens (tertiary/aromatic N) is 3. The van der Waals surface area contributed by atoms with Gasteiger partial charge in [0.15, 0.2) is 0 Å². The average Bonchev–Trinajstić information content (AvgIpc) is 2.92. The molecular formula is C11H14BrN3O2S. The maximum absolute atomic E-state index is 10.4. The first kappa shape index (κ1) is 13.7. The van der Waals surface area contributed by atoms with Crippen LogP contribution in [-0.4, -0.2) is 33.6 Å². The normalized spacial score (nSPS) is 12.9. The van der Waals surface area contributed by atoms with Gasteiger partial charge in [0.25, 0.3) is 0 Å². The van der Waals surface area contributed by atoms with Crippen molar-refractivity contribution in [1.82, 2.24) is 14.8 Å². The lowest BCUT2D eigenvalue weighted by molar-refractivity contribution is 0.170. The van der Waals surface area contributed by atoms with Crippen LogP contribution in [0.25, 0.3) is 0 Å². The molecule has 7 heteroatoms. The molecule has 0 fully saturated rings. The second-order valence-corrected chi connectivity index (χ2v) is 5.70. The number of halogens is 1. The highest BCUT2D eigenvalue weighted by molar-refractivity contribution is 9.10. The molecule has 0 spiro atoms. The number of aliphatic hydroxyl groups is 1. The number of methoxy groups -OCH3 is 1. The highest BCUT2D eigenvalue weighted by Gasteiger charge is 2.21. The molecule has 0 amide bonds. The molecule has 0 aliphatic rings. The molecule has 2 rings (SSSR count). The second kappa shape index (κ2) is 5.92. The minimum absolute atomic E-state index is 0.546. The molecule has 0 bridgehead atoms. The zero-order chi connectivity index (χ0) is 13.1. The van der Waals surface area contributed by atoms with E-state index in [1.54, 1.807) is 18.0 Å². The summed E-state index contributed by atoms with van der Waals surface area (Å²) in [5, 5.41) is 17.4. The first-order valence-electron chi connectivity index (χ1n) is 5.43. The molecule has 0 aromatic carbocycles. The van der Waals surface area contributed by atoms with E-state index in [1.807, 2.05) is 12.3 Å². The fraction of sp³-hybridized carbons (Fsp3) is 0.455. The van der Waals surface area contributed by atoms with Crippen LogP contribution in [0.15, 0.2) is 16.0 Å². The molecule has 0 saturated heterocycles. The minimum Gasteiger partial charge on any atom is -0.383 e. The lowest BCUT2D eigenvalue weighted by Gasteiger charge is -2.12. The molecule has 18 heavy (non-hydrogen) atoms. The summed E-state index contributed by atoms with van der Waals surface area (Å²) in [6.45, 7) is 3.06. The number of aryl methyl sites for hydroxylation is 1. The Morgan fingerprint density at radius 2 is 2.39 bits per heavy atom. The van der Waals surface area contributed by atoms with Gasteiger partial charge in [-0.05, 0) is 22.9 Å². The van der Waals surface area contributed by atoms with Gasteiger partial charge < -0.3 is 9.84 Å². The first-order chi connectivity index (χ1) is 8.63. The van der Waals surface area contributed by atoms with Crippen LogP contribution < -0.4 is 0 Å². The van der Waals surface area contributed by atoms with E-state index < -0.39 is 6.10 Å². The Kier molecular flexibility index (Phi) is 4.50. The van der Waals surface area contributed by atoms with Crippen molar-refractivity contribution in [3.05, 3.63) is 32.4 Å². The van der Waals surface area contributed by atoms with E-state index in [0.29, 0.717) is 24.5 Å². The highest BCUT2D eigenvalue weighted by Crippen LogP contribution is 2.29. The topological polar surface area (TPSA) is 60.2 Å². The quantitative estimate of drug-likeness (QED) is 0.911. The van der Waals surface area contributed by atoms with Crippen LogP contribution in [0.5, 0.6) is 0 Å². The molecule has 1 atom stereocenters. The van der Waals surface area contributed by atoms with E-state index in [4.69, 9.17) is 4.74 Å². The third-order valence-electron chi connectivity index (χ3n) is 2.52. The van der Waals surface area contributed by atoms with E-state index >= 15 is 0 Å². The van der Waals surface area contributed by atoms with E-state index in [9.17, 15) is 5.11 Å². The molecule has 1 N–H and O–H groups in total. The van der Waals surface area contributed by atoms with Crippen LogP contribution in [0, 0.1) is 6.92 Å². The highest BCUT2D eigenvalue weighted by atomic mass is 79.9. The number of hydrogen-bond acceptors (Lipinski definition) is 5. The maximum atomic E-state index is 10.4. The van der Waals surface area contributed by atoms with Crippen LogP contribution in [0.3, 0.4) is 0 Å². The maximum Gasteiger partial charge on any atom is 0.139 e. The van der Waals surface area contributed by atoms with Crippen molar-refractivity contribution < 1.29 is 9.84 Å². The summed E-state index contributed by atoms with van der Waals surface area (Å²) in [5.74, 6) is 0. The SMILES string of the molecule is COCCn1ncc(Br)c1C(O)c1csc(C)n1. The van der Waals surface area contributed by atoms with Crippen molar-refractivity contribution >= 4 is 27.3 Å². The fourth-order valence-electron chi connectivity index (χ4n) is 1.65. The van der Waals surface area contributed by atoms with Crippen LogP contribution in [-0.2, 0) is 11.3 Å². The Balaban J connectivity index is 2.28. The lowest BCUT2D eigenvalue weighted by atomic mass is 10.2. The summed E-state index contributed by atoms with van der Waals surface area (Å²) in [7, 11) is 1.64. The van der Waals surface area contributed by atoms with Gasteiger partial charge in [-0.25, -0.2) is 4.98 Å². The van der Waals surface area contributed by atoms with Crippen LogP contribution in [0.1, 0.15) is 22.5 Å². The average molecular weight is 332 g/mol. The van der Waals surface area contributed by atoms with E-state index in [2.05, 4.69) is 26.0 Å². The number of aromatic nitrogens is 3. The van der Waals surface area contributed by atoms with Crippen LogP contribution >= 0.6 is 27.3 Å². The number of aliphatic hydroxyl groups excluding tert-OH is 1. The summed E-state index contributed by atoms with van der Waals surface area (Å²) in [6.07, 6.45) is 0.900. The Hall–Kier alpha value is -0.760. The minimum atomic E-state index is -0.774. The molecule has 0 saturated carbocycles. The largest absolute Gasteiger partial charge is 0.383 e. The smallest absolute Gasteiger partial charge is 0.139 e. The van der Waals surface area contributed by atoms with E-state index in [0.717, 1.165) is 9.48 Å². The number of thiazole rings is 1. The Morgan fingerprint density at radius 3 is 3.00 bits per heavy atom. The Morgan fingerprint density at radius 1 is 1.61 bits per heavy atom. The van der Waals surface area contributed by atoms with E-state index in [1.165, 1.54) is 11.3 Å². The van der Waals surface area contributed by atoms with Gasteiger partial charge in [0, 0.05) is 12.5 Å². The van der Waals surface area contributed by atoms with Gasteiger partial charge in [0.2, 0.25) is 0 Å². The number of rotatable bonds is 5. The molecule has 5 nitrogen and oxygen atoms in total. The number of hydrogen-bond donors (Lipinski definition) is 1. The standard InChI is InChI=1S/C11H14BrN3O2S/c1-7-14-9(6-18-7)11(16)10-8(12)5-13-15(10)3-4-17-2/h5-6,11,16H,3-4H2,1-2H3. The van der Waals surface area contributed by atoms with Crippen LogP contribution in [0.4, 0.5) is 0 Å². The summed E-state index contributed by atoms with van der Waals surface area (Å²) in [5.41, 5.74) is 1.36. The zero-order valence-corrected chi connectivity index (χ0v) is 12.5. The molecule has 2 aromatic rings. The van der Waals surface area contributed by atoms with Gasteiger partial charge in [-0.3, -0.25) is 4.68 Å². The van der Waals surface area contributed by atoms with Gasteiger partial charge >= 0.3 is 0 Å². The van der Waals surface area contributed by atoms with Crippen LogP contribution in [0.2, 0.25) is 0 Å². The summed E-state index contributed by atoms with van der Waals surface area (Å²) < 4.78 is 7.53. The summed E-state index contributed by atoms with van der Waals surface area (Å²) in [4.78, 5) is 4.30. The molecular weight excluding hydrogens is 318 g/mol. The van der Waals surface area contributed by atoms with Crippen molar-refractivity contribution in [3.8, 4) is 0 Å². The van der Waals surface area contributed by atoms with Crippen molar-refractivity contribution in [2.45, 2.75) is 19.6 Å². The van der Waals surface area contributed by atoms with Gasteiger partial charge in [-0.1, -0.05) is 0 Å². The predicted octanol–water partition coefficient (Wildman–Crippen LogP) is 2.14. The Bertz CT molecular complexity index is 526. The molecule has 0 aliphatic heterocycles. The number of ether oxygens (including phenoxy) is 1. The first-order valence-corrected chi connectivity index (χ1v) is 7.11. The predicted molar refractivity (Wildman–Crippen MR) is 72.7 cm³/mol. The van der Waals surface area contributed by atoms with Crippen molar-refractivity contribution in [1.29, 1.82) is 0 Å². The van der Waals surface area contributed by atoms with Gasteiger partial charge in [-0.15, -0.1) is 11.3 Å². The fourth-order valence-corrected chi connectivity index (χ4v) is 2.79. The van der Waals surface area contributed by atoms with E-state index in [-0.39, 0.29) is 0 Å². The second-order valence-electron chi connectivity index (χ2n) is 3.79. The van der Waals surface area contributed by atoms with Gasteiger partial charge in [0.1, 0.15) is 6.10 Å². The molecule has 2 heterocycles. The molecule has 1 unspecified atom stereocenters. The van der Waals surface area contributed by atoms with Gasteiger partial charge in [-0.2, -0.15) is 5.10 Å². The molecule has 0 radical (unpaired) electrons.